The van der Waals surface area contributed by atoms with Gasteiger partial charge in [-0.1, -0.05) is 29.3 Å². The van der Waals surface area contributed by atoms with E-state index in [1.54, 1.807) is 13.0 Å². The summed E-state index contributed by atoms with van der Waals surface area (Å²) in [5.74, 6) is 0.643. The quantitative estimate of drug-likeness (QED) is 0.678. The van der Waals surface area contributed by atoms with Crippen molar-refractivity contribution in [2.45, 2.75) is 33.7 Å². The molecule has 5 heteroatoms. The van der Waals surface area contributed by atoms with Crippen LogP contribution in [-0.2, 0) is 0 Å². The number of hydrogen-bond acceptors (Lipinski definition) is 4. The molecule has 0 bridgehead atoms. The minimum atomic E-state index is -0.417. The van der Waals surface area contributed by atoms with Gasteiger partial charge in [0.2, 0.25) is 0 Å². The first-order chi connectivity index (χ1) is 9.86. The molecule has 0 aliphatic rings. The monoisotopic (exact) mass is 285 g/mol. The van der Waals surface area contributed by atoms with Gasteiger partial charge in [0.1, 0.15) is 12.0 Å². The molecule has 0 saturated carbocycles. The third kappa shape index (κ3) is 3.56. The van der Waals surface area contributed by atoms with E-state index in [0.29, 0.717) is 11.4 Å². The number of aromatic nitrogens is 1. The Bertz CT molecular complexity index is 663. The summed E-state index contributed by atoms with van der Waals surface area (Å²) >= 11 is 0. The molecule has 1 unspecified atom stereocenters. The van der Waals surface area contributed by atoms with Crippen LogP contribution in [0.2, 0.25) is 0 Å². The largest absolute Gasteiger partial charge is 0.364 e. The number of aryl methyl sites for hydroxylation is 3. The topological polar surface area (TPSA) is 68.1 Å². The summed E-state index contributed by atoms with van der Waals surface area (Å²) < 4.78 is 0. The Morgan fingerprint density at radius 3 is 2.29 bits per heavy atom. The van der Waals surface area contributed by atoms with Crippen LogP contribution in [0.1, 0.15) is 35.2 Å². The molecule has 0 amide bonds. The molecule has 0 radical (unpaired) electrons. The van der Waals surface area contributed by atoms with Gasteiger partial charge in [0.15, 0.2) is 0 Å². The van der Waals surface area contributed by atoms with Crippen LogP contribution in [0, 0.1) is 30.9 Å². The van der Waals surface area contributed by atoms with Gasteiger partial charge in [0.05, 0.1) is 4.92 Å². The summed E-state index contributed by atoms with van der Waals surface area (Å²) in [6, 6.07) is 8.17. The van der Waals surface area contributed by atoms with E-state index in [0.717, 1.165) is 0 Å². The number of rotatable bonds is 4. The fourth-order valence-electron chi connectivity index (χ4n) is 2.38. The lowest BCUT2D eigenvalue weighted by atomic mass is 10.0. The van der Waals surface area contributed by atoms with Gasteiger partial charge in [-0.05, 0) is 39.3 Å². The fraction of sp³-hybridized carbons (Fsp3) is 0.312. The van der Waals surface area contributed by atoms with Crippen molar-refractivity contribution >= 4 is 11.5 Å². The Morgan fingerprint density at radius 2 is 1.76 bits per heavy atom. The van der Waals surface area contributed by atoms with Gasteiger partial charge < -0.3 is 5.32 Å². The Balaban J connectivity index is 2.21. The zero-order valence-corrected chi connectivity index (χ0v) is 12.7. The van der Waals surface area contributed by atoms with Crippen molar-refractivity contribution in [2.75, 3.05) is 5.32 Å². The van der Waals surface area contributed by atoms with Crippen LogP contribution in [0.4, 0.5) is 11.5 Å². The highest BCUT2D eigenvalue weighted by molar-refractivity contribution is 5.48. The number of benzene rings is 1. The molecule has 0 spiro atoms. The average molecular weight is 285 g/mol. The highest BCUT2D eigenvalue weighted by Gasteiger charge is 2.13. The van der Waals surface area contributed by atoms with Crippen molar-refractivity contribution in [3.05, 3.63) is 62.8 Å². The van der Waals surface area contributed by atoms with Crippen LogP contribution in [0.5, 0.6) is 0 Å². The SMILES string of the molecule is Cc1cc(C)cc(C(C)Nc2cc(C)c([N+](=O)[O-])cn2)c1. The highest BCUT2D eigenvalue weighted by Crippen LogP contribution is 2.23. The van der Waals surface area contributed by atoms with E-state index in [1.165, 1.54) is 22.9 Å². The number of anilines is 1. The van der Waals surface area contributed by atoms with Crippen molar-refractivity contribution in [1.82, 2.24) is 4.98 Å². The van der Waals surface area contributed by atoms with Gasteiger partial charge in [-0.25, -0.2) is 4.98 Å². The molecule has 21 heavy (non-hydrogen) atoms. The molecule has 0 aliphatic heterocycles. The molecular formula is C16H19N3O2. The second kappa shape index (κ2) is 5.91. The molecule has 5 nitrogen and oxygen atoms in total. The molecule has 1 N–H and O–H groups in total. The molecule has 0 saturated heterocycles. The summed E-state index contributed by atoms with van der Waals surface area (Å²) in [6.45, 7) is 7.90. The molecule has 0 fully saturated rings. The van der Waals surface area contributed by atoms with Crippen LogP contribution >= 0.6 is 0 Å². The number of nitrogens with zero attached hydrogens (tertiary/aromatic N) is 2. The predicted octanol–water partition coefficient (Wildman–Crippen LogP) is 4.09. The summed E-state index contributed by atoms with van der Waals surface area (Å²) in [5.41, 5.74) is 4.24. The standard InChI is InChI=1S/C16H19N3O2/c1-10-5-11(2)7-14(6-10)13(4)18-16-8-12(3)15(9-17-16)19(20)21/h5-9,13H,1-4H3,(H,17,18). The summed E-state index contributed by atoms with van der Waals surface area (Å²) in [6.07, 6.45) is 1.30. The second-order valence-corrected chi connectivity index (χ2v) is 5.40. The lowest BCUT2D eigenvalue weighted by Crippen LogP contribution is -2.09. The minimum Gasteiger partial charge on any atom is -0.364 e. The maximum Gasteiger partial charge on any atom is 0.290 e. The van der Waals surface area contributed by atoms with Crippen molar-refractivity contribution in [1.29, 1.82) is 0 Å². The van der Waals surface area contributed by atoms with E-state index in [2.05, 4.69) is 42.3 Å². The maximum atomic E-state index is 10.8. The van der Waals surface area contributed by atoms with Crippen LogP contribution in [-0.4, -0.2) is 9.91 Å². The zero-order chi connectivity index (χ0) is 15.6. The predicted molar refractivity (Wildman–Crippen MR) is 83.6 cm³/mol. The van der Waals surface area contributed by atoms with Crippen LogP contribution in [0.3, 0.4) is 0 Å². The van der Waals surface area contributed by atoms with Crippen molar-refractivity contribution in [3.63, 3.8) is 0 Å². The number of nitro groups is 1. The molecule has 1 aromatic carbocycles. The van der Waals surface area contributed by atoms with Gasteiger partial charge in [-0.3, -0.25) is 10.1 Å². The van der Waals surface area contributed by atoms with Crippen LogP contribution in [0.25, 0.3) is 0 Å². The minimum absolute atomic E-state index is 0.0413. The molecule has 2 rings (SSSR count). The van der Waals surface area contributed by atoms with E-state index < -0.39 is 4.92 Å². The molecule has 1 aromatic heterocycles. The molecule has 1 heterocycles. The molecule has 1 atom stereocenters. The van der Waals surface area contributed by atoms with E-state index in [-0.39, 0.29) is 11.7 Å². The molecule has 110 valence electrons. The van der Waals surface area contributed by atoms with Crippen molar-refractivity contribution in [3.8, 4) is 0 Å². The van der Waals surface area contributed by atoms with Gasteiger partial charge in [0.25, 0.3) is 5.69 Å². The first kappa shape index (κ1) is 15.0. The summed E-state index contributed by atoms with van der Waals surface area (Å²) in [5, 5.41) is 14.1. The lowest BCUT2D eigenvalue weighted by Gasteiger charge is -2.16. The maximum absolute atomic E-state index is 10.8. The Kier molecular flexibility index (Phi) is 4.21. The van der Waals surface area contributed by atoms with Crippen LogP contribution < -0.4 is 5.32 Å². The molecule has 2 aromatic rings. The van der Waals surface area contributed by atoms with Crippen molar-refractivity contribution in [2.24, 2.45) is 0 Å². The van der Waals surface area contributed by atoms with E-state index >= 15 is 0 Å². The average Bonchev–Trinajstić information content (AvgIpc) is 2.37. The van der Waals surface area contributed by atoms with E-state index in [1.807, 2.05) is 6.92 Å². The fourth-order valence-corrected chi connectivity index (χ4v) is 2.38. The third-order valence-corrected chi connectivity index (χ3v) is 3.39. The van der Waals surface area contributed by atoms with E-state index in [4.69, 9.17) is 0 Å². The zero-order valence-electron chi connectivity index (χ0n) is 12.7. The summed E-state index contributed by atoms with van der Waals surface area (Å²) in [7, 11) is 0. The highest BCUT2D eigenvalue weighted by atomic mass is 16.6. The van der Waals surface area contributed by atoms with Gasteiger partial charge in [0, 0.05) is 11.6 Å². The van der Waals surface area contributed by atoms with Crippen LogP contribution in [0.15, 0.2) is 30.5 Å². The Labute approximate surface area is 124 Å². The first-order valence-corrected chi connectivity index (χ1v) is 6.82. The second-order valence-electron chi connectivity index (χ2n) is 5.40. The normalized spacial score (nSPS) is 12.0. The Hall–Kier alpha value is -2.43. The molecular weight excluding hydrogens is 266 g/mol. The summed E-state index contributed by atoms with van der Waals surface area (Å²) in [4.78, 5) is 14.5. The van der Waals surface area contributed by atoms with Gasteiger partial charge in [-0.2, -0.15) is 0 Å². The van der Waals surface area contributed by atoms with Crippen molar-refractivity contribution < 1.29 is 4.92 Å². The first-order valence-electron chi connectivity index (χ1n) is 6.82. The van der Waals surface area contributed by atoms with Gasteiger partial charge >= 0.3 is 0 Å². The molecule has 0 aliphatic carbocycles. The van der Waals surface area contributed by atoms with Gasteiger partial charge in [-0.15, -0.1) is 0 Å². The lowest BCUT2D eigenvalue weighted by molar-refractivity contribution is -0.385. The Morgan fingerprint density at radius 1 is 1.14 bits per heavy atom. The number of pyridine rings is 1. The number of nitrogens with one attached hydrogen (secondary N) is 1. The number of hydrogen-bond donors (Lipinski definition) is 1. The van der Waals surface area contributed by atoms with E-state index in [9.17, 15) is 10.1 Å². The third-order valence-electron chi connectivity index (χ3n) is 3.39. The smallest absolute Gasteiger partial charge is 0.290 e.